The van der Waals surface area contributed by atoms with Gasteiger partial charge in [-0.15, -0.1) is 0 Å². The predicted molar refractivity (Wildman–Crippen MR) is 138 cm³/mol. The van der Waals surface area contributed by atoms with Crippen LogP contribution in [-0.2, 0) is 0 Å². The van der Waals surface area contributed by atoms with Crippen molar-refractivity contribution in [3.05, 3.63) is 120 Å². The zero-order valence-electron chi connectivity index (χ0n) is 17.7. The van der Waals surface area contributed by atoms with E-state index < -0.39 is 0 Å². The van der Waals surface area contributed by atoms with E-state index in [1.54, 1.807) is 23.1 Å². The van der Waals surface area contributed by atoms with E-state index in [1.165, 1.54) is 9.79 Å². The molecule has 2 aliphatic heterocycles. The minimum Gasteiger partial charge on any atom is -0.455 e. The quantitative estimate of drug-likeness (QED) is 0.241. The second kappa shape index (κ2) is 10.3. The van der Waals surface area contributed by atoms with E-state index in [2.05, 4.69) is 17.4 Å². The molecule has 3 nitrogen and oxygen atoms in total. The van der Waals surface area contributed by atoms with Crippen molar-refractivity contribution in [3.63, 3.8) is 0 Å². The first kappa shape index (κ1) is 21.2. The summed E-state index contributed by atoms with van der Waals surface area (Å²) in [5.41, 5.74) is 2.04. The third kappa shape index (κ3) is 5.22. The third-order valence-corrected chi connectivity index (χ3v) is 6.57. The molecule has 5 aromatic rings. The molecule has 33 heavy (non-hydrogen) atoms. The second-order valence-electron chi connectivity index (χ2n) is 7.11. The summed E-state index contributed by atoms with van der Waals surface area (Å²) in [5, 5.41) is 7.40. The molecule has 0 spiro atoms. The van der Waals surface area contributed by atoms with Gasteiger partial charge >= 0.3 is 0 Å². The first-order valence-corrected chi connectivity index (χ1v) is 12.3. The summed E-state index contributed by atoms with van der Waals surface area (Å²) < 4.78 is 11.5. The van der Waals surface area contributed by atoms with Crippen molar-refractivity contribution >= 4 is 34.5 Å². The maximum atomic E-state index is 5.76. The van der Waals surface area contributed by atoms with E-state index in [-0.39, 0.29) is 0 Å². The largest absolute Gasteiger partial charge is 0.455 e. The Kier molecular flexibility index (Phi) is 6.61. The zero-order chi connectivity index (χ0) is 22.3. The number of para-hydroxylation sites is 6. The van der Waals surface area contributed by atoms with Crippen LogP contribution in [0.25, 0.3) is 0 Å². The molecule has 0 aliphatic carbocycles. The van der Waals surface area contributed by atoms with Crippen LogP contribution in [0.15, 0.2) is 130 Å². The van der Waals surface area contributed by atoms with Gasteiger partial charge in [0.25, 0.3) is 0 Å². The Hall–Kier alpha value is -3.67. The molecule has 0 saturated carbocycles. The van der Waals surface area contributed by atoms with Crippen LogP contribution >= 0.6 is 23.1 Å². The topological polar surface area (TPSA) is 30.5 Å². The summed E-state index contributed by atoms with van der Waals surface area (Å²) in [4.78, 5) is 2.37. The number of fused-ring (bicyclic) bond motifs is 4. The number of thiophene rings is 1. The number of rotatable bonds is 0. The fourth-order valence-electron chi connectivity index (χ4n) is 3.28. The fraction of sp³-hybridized carbons (Fsp3) is 0. The van der Waals surface area contributed by atoms with Crippen LogP contribution in [0, 0.1) is 0 Å². The molecule has 0 unspecified atom stereocenters. The van der Waals surface area contributed by atoms with Gasteiger partial charge in [0.2, 0.25) is 0 Å². The lowest BCUT2D eigenvalue weighted by molar-refractivity contribution is 0.454. The van der Waals surface area contributed by atoms with E-state index in [0.717, 1.165) is 34.4 Å². The molecule has 0 saturated heterocycles. The van der Waals surface area contributed by atoms with Crippen molar-refractivity contribution in [2.45, 2.75) is 9.79 Å². The molecule has 3 heterocycles. The normalized spacial score (nSPS) is 11.6. The van der Waals surface area contributed by atoms with Gasteiger partial charge in [-0.05, 0) is 59.3 Å². The van der Waals surface area contributed by atoms with Gasteiger partial charge in [0.1, 0.15) is 11.5 Å². The smallest absolute Gasteiger partial charge is 0.150 e. The number of ether oxygens (including phenoxy) is 2. The Labute approximate surface area is 201 Å². The number of benzene rings is 4. The first-order chi connectivity index (χ1) is 16.4. The van der Waals surface area contributed by atoms with E-state index >= 15 is 0 Å². The molecule has 162 valence electrons. The number of hydrogen-bond acceptors (Lipinski definition) is 5. The summed E-state index contributed by atoms with van der Waals surface area (Å²) in [6.07, 6.45) is 0. The van der Waals surface area contributed by atoms with Crippen molar-refractivity contribution in [2.24, 2.45) is 0 Å². The standard InChI is InChI=1S/C12H9NO.C12H8OS.C4H4S/c2*1-3-7-11-9(5-1)13-10-6-2-4-8-12(10)14-11;1-2-4-5-3-1/h1-8,13H;1-8H;1-4H. The Morgan fingerprint density at radius 3 is 1.36 bits per heavy atom. The van der Waals surface area contributed by atoms with Crippen molar-refractivity contribution in [1.82, 2.24) is 0 Å². The Bertz CT molecular complexity index is 1050. The lowest BCUT2D eigenvalue weighted by Gasteiger charge is -2.20. The van der Waals surface area contributed by atoms with Crippen molar-refractivity contribution in [1.29, 1.82) is 0 Å². The summed E-state index contributed by atoms with van der Waals surface area (Å²) in [6, 6.07) is 36.1. The molecule has 5 heteroatoms. The van der Waals surface area contributed by atoms with E-state index in [9.17, 15) is 0 Å². The van der Waals surface area contributed by atoms with Crippen LogP contribution < -0.4 is 14.8 Å². The Morgan fingerprint density at radius 2 is 0.879 bits per heavy atom. The monoisotopic (exact) mass is 467 g/mol. The first-order valence-electron chi connectivity index (χ1n) is 10.5. The summed E-state index contributed by atoms with van der Waals surface area (Å²) in [5.74, 6) is 3.67. The van der Waals surface area contributed by atoms with E-state index in [0.29, 0.717) is 0 Å². The van der Waals surface area contributed by atoms with Crippen molar-refractivity contribution in [2.75, 3.05) is 5.32 Å². The zero-order valence-corrected chi connectivity index (χ0v) is 19.3. The molecule has 0 atom stereocenters. The van der Waals surface area contributed by atoms with Gasteiger partial charge < -0.3 is 14.8 Å². The van der Waals surface area contributed by atoms with Gasteiger partial charge in [-0.2, -0.15) is 11.3 Å². The van der Waals surface area contributed by atoms with E-state index in [4.69, 9.17) is 9.47 Å². The van der Waals surface area contributed by atoms with Gasteiger partial charge in [0.05, 0.1) is 21.2 Å². The lowest BCUT2D eigenvalue weighted by atomic mass is 10.2. The molecule has 1 aromatic heterocycles. The van der Waals surface area contributed by atoms with Crippen LogP contribution in [0.1, 0.15) is 0 Å². The average Bonchev–Trinajstić information content (AvgIpc) is 3.47. The molecule has 7 rings (SSSR count). The molecule has 4 aromatic carbocycles. The van der Waals surface area contributed by atoms with Gasteiger partial charge in [0.15, 0.2) is 11.5 Å². The minimum atomic E-state index is 0.881. The molecule has 0 bridgehead atoms. The molecular weight excluding hydrogens is 446 g/mol. The van der Waals surface area contributed by atoms with Crippen molar-refractivity contribution < 1.29 is 9.47 Å². The maximum absolute atomic E-state index is 5.76. The van der Waals surface area contributed by atoms with Crippen LogP contribution in [0.3, 0.4) is 0 Å². The minimum absolute atomic E-state index is 0.881. The Balaban J connectivity index is 0.000000115. The van der Waals surface area contributed by atoms with Gasteiger partial charge in [0, 0.05) is 0 Å². The maximum Gasteiger partial charge on any atom is 0.150 e. The highest BCUT2D eigenvalue weighted by molar-refractivity contribution is 7.99. The van der Waals surface area contributed by atoms with Gasteiger partial charge in [-0.25, -0.2) is 0 Å². The SMILES string of the molecule is c1ccc2c(c1)Nc1ccccc1O2.c1ccc2c(c1)Oc1ccccc1S2.c1ccsc1. The average molecular weight is 468 g/mol. The highest BCUT2D eigenvalue weighted by atomic mass is 32.2. The van der Waals surface area contributed by atoms with Crippen LogP contribution in [-0.4, -0.2) is 0 Å². The predicted octanol–water partition coefficient (Wildman–Crippen LogP) is 9.23. The second-order valence-corrected chi connectivity index (χ2v) is 9.01. The van der Waals surface area contributed by atoms with Gasteiger partial charge in [-0.3, -0.25) is 0 Å². The van der Waals surface area contributed by atoms with Crippen LogP contribution in [0.2, 0.25) is 0 Å². The van der Waals surface area contributed by atoms with Crippen LogP contribution in [0.5, 0.6) is 23.0 Å². The lowest BCUT2D eigenvalue weighted by Crippen LogP contribution is -2.01. The molecular formula is C28H21NO2S2. The van der Waals surface area contributed by atoms with Crippen LogP contribution in [0.4, 0.5) is 11.4 Å². The molecule has 0 amide bonds. The Morgan fingerprint density at radius 1 is 0.455 bits per heavy atom. The summed E-state index contributed by atoms with van der Waals surface area (Å²) >= 11 is 3.47. The summed E-state index contributed by atoms with van der Waals surface area (Å²) in [7, 11) is 0. The molecule has 2 aliphatic rings. The van der Waals surface area contributed by atoms with Crippen molar-refractivity contribution in [3.8, 4) is 23.0 Å². The number of hydrogen-bond donors (Lipinski definition) is 1. The van der Waals surface area contributed by atoms with E-state index in [1.807, 2.05) is 108 Å². The molecule has 0 fully saturated rings. The highest BCUT2D eigenvalue weighted by Gasteiger charge is 2.16. The highest BCUT2D eigenvalue weighted by Crippen LogP contribution is 2.46. The molecule has 1 N–H and O–H groups in total. The fourth-order valence-corrected chi connectivity index (χ4v) is 4.69. The number of nitrogens with one attached hydrogen (secondary N) is 1. The summed E-state index contributed by atoms with van der Waals surface area (Å²) in [6.45, 7) is 0. The van der Waals surface area contributed by atoms with Gasteiger partial charge in [-0.1, -0.05) is 72.4 Å². The third-order valence-electron chi connectivity index (χ3n) is 4.83. The molecule has 0 radical (unpaired) electrons. The number of anilines is 2.